The lowest BCUT2D eigenvalue weighted by Crippen LogP contribution is -2.41. The first-order valence-corrected chi connectivity index (χ1v) is 9.52. The Morgan fingerprint density at radius 3 is 2.63 bits per heavy atom. The first-order valence-electron chi connectivity index (χ1n) is 9.52. The van der Waals surface area contributed by atoms with E-state index in [0.29, 0.717) is 13.1 Å². The van der Waals surface area contributed by atoms with E-state index in [1.807, 2.05) is 60.3 Å². The summed E-state index contributed by atoms with van der Waals surface area (Å²) in [7, 11) is 3.40. The summed E-state index contributed by atoms with van der Waals surface area (Å²) in [5.41, 5.74) is 2.17. The molecule has 0 saturated heterocycles. The lowest BCUT2D eigenvalue weighted by atomic mass is 10.2. The van der Waals surface area contributed by atoms with Crippen LogP contribution < -0.4 is 20.1 Å². The molecule has 0 aliphatic carbocycles. The van der Waals surface area contributed by atoms with E-state index >= 15 is 0 Å². The van der Waals surface area contributed by atoms with E-state index in [1.165, 1.54) is 0 Å². The normalized spacial score (nSPS) is 11.9. The van der Waals surface area contributed by atoms with Crippen LogP contribution >= 0.6 is 24.0 Å². The van der Waals surface area contributed by atoms with Crippen LogP contribution in [0.2, 0.25) is 0 Å². The number of benzene rings is 2. The van der Waals surface area contributed by atoms with Crippen LogP contribution in [0.1, 0.15) is 12.5 Å². The molecule has 0 spiro atoms. The third-order valence-electron chi connectivity index (χ3n) is 4.30. The summed E-state index contributed by atoms with van der Waals surface area (Å²) in [6.07, 6.45) is 3.66. The first kappa shape index (κ1) is 23.5. The average molecular weight is 521 g/mol. The minimum atomic E-state index is -0.0381. The molecule has 0 aliphatic heterocycles. The van der Waals surface area contributed by atoms with Crippen molar-refractivity contribution in [3.8, 4) is 17.2 Å². The zero-order valence-electron chi connectivity index (χ0n) is 17.4. The third-order valence-corrected chi connectivity index (χ3v) is 4.30. The summed E-state index contributed by atoms with van der Waals surface area (Å²) in [4.78, 5) is 4.28. The average Bonchev–Trinajstić information content (AvgIpc) is 3.29. The molecule has 1 atom stereocenters. The van der Waals surface area contributed by atoms with Crippen molar-refractivity contribution in [2.24, 2.45) is 4.99 Å². The zero-order chi connectivity index (χ0) is 20.5. The van der Waals surface area contributed by atoms with Crippen LogP contribution in [0.4, 0.5) is 0 Å². The number of nitrogens with one attached hydrogen (secondary N) is 2. The van der Waals surface area contributed by atoms with E-state index < -0.39 is 0 Å². The highest BCUT2D eigenvalue weighted by Gasteiger charge is 2.07. The van der Waals surface area contributed by atoms with E-state index in [2.05, 4.69) is 32.9 Å². The van der Waals surface area contributed by atoms with Crippen molar-refractivity contribution in [2.75, 3.05) is 20.7 Å². The van der Waals surface area contributed by atoms with Crippen molar-refractivity contribution in [1.29, 1.82) is 0 Å². The highest BCUT2D eigenvalue weighted by molar-refractivity contribution is 14.0. The Hall–Kier alpha value is -2.75. The number of methoxy groups -OCH3 is 1. The Morgan fingerprint density at radius 2 is 1.90 bits per heavy atom. The van der Waals surface area contributed by atoms with Gasteiger partial charge in [-0.3, -0.25) is 4.99 Å². The van der Waals surface area contributed by atoms with Crippen LogP contribution in [-0.2, 0) is 6.54 Å². The fraction of sp³-hybridized carbons (Fsp3) is 0.273. The van der Waals surface area contributed by atoms with E-state index in [4.69, 9.17) is 9.47 Å². The zero-order valence-corrected chi connectivity index (χ0v) is 19.7. The van der Waals surface area contributed by atoms with E-state index in [-0.39, 0.29) is 30.1 Å². The number of halogens is 1. The maximum absolute atomic E-state index is 5.94. The number of aliphatic imine (C=N–C) groups is 1. The van der Waals surface area contributed by atoms with Crippen LogP contribution in [0.25, 0.3) is 5.69 Å². The first-order chi connectivity index (χ1) is 14.2. The molecule has 8 heteroatoms. The van der Waals surface area contributed by atoms with Crippen LogP contribution in [0, 0.1) is 0 Å². The van der Waals surface area contributed by atoms with Crippen molar-refractivity contribution in [1.82, 2.24) is 20.4 Å². The second-order valence-corrected chi connectivity index (χ2v) is 6.53. The standard InChI is InChI=1S/C22H27N5O2.HI/c1-17(29-21-10-5-9-20(14-21)28-3)15-24-22(23-2)25-16-18-7-4-8-19(13-18)27-12-6-11-26-27;/h4-14,17H,15-16H2,1-3H3,(H2,23,24,25);1H. The maximum Gasteiger partial charge on any atom is 0.191 e. The molecule has 0 amide bonds. The maximum atomic E-state index is 5.94. The molecule has 2 N–H and O–H groups in total. The quantitative estimate of drug-likeness (QED) is 0.269. The topological polar surface area (TPSA) is 72.7 Å². The fourth-order valence-corrected chi connectivity index (χ4v) is 2.83. The predicted octanol–water partition coefficient (Wildman–Crippen LogP) is 3.63. The number of hydrogen-bond donors (Lipinski definition) is 2. The molecule has 30 heavy (non-hydrogen) atoms. The molecule has 0 aliphatic rings. The van der Waals surface area contributed by atoms with Gasteiger partial charge in [0, 0.05) is 32.1 Å². The Balaban J connectivity index is 0.00000320. The second-order valence-electron chi connectivity index (χ2n) is 6.53. The third kappa shape index (κ3) is 6.94. The molecule has 0 saturated carbocycles. The molecular weight excluding hydrogens is 493 g/mol. The number of ether oxygens (including phenoxy) is 2. The van der Waals surface area contributed by atoms with E-state index in [9.17, 15) is 0 Å². The van der Waals surface area contributed by atoms with Gasteiger partial charge < -0.3 is 20.1 Å². The summed E-state index contributed by atoms with van der Waals surface area (Å²) in [5, 5.41) is 10.9. The van der Waals surface area contributed by atoms with Gasteiger partial charge in [0.25, 0.3) is 0 Å². The van der Waals surface area contributed by atoms with Gasteiger partial charge in [-0.15, -0.1) is 24.0 Å². The SMILES string of the molecule is CN=C(NCc1cccc(-n2cccn2)c1)NCC(C)Oc1cccc(OC)c1.I. The van der Waals surface area contributed by atoms with E-state index in [0.717, 1.165) is 28.7 Å². The molecule has 2 aromatic carbocycles. The summed E-state index contributed by atoms with van der Waals surface area (Å²) < 4.78 is 13.0. The van der Waals surface area contributed by atoms with Crippen molar-refractivity contribution in [3.05, 3.63) is 72.6 Å². The van der Waals surface area contributed by atoms with Gasteiger partial charge in [0.1, 0.15) is 17.6 Å². The van der Waals surface area contributed by atoms with Gasteiger partial charge in [-0.2, -0.15) is 5.10 Å². The largest absolute Gasteiger partial charge is 0.497 e. The molecule has 1 heterocycles. The number of guanidine groups is 1. The molecule has 3 rings (SSSR count). The molecule has 3 aromatic rings. The Bertz CT molecular complexity index is 931. The number of rotatable bonds is 8. The Labute approximate surface area is 194 Å². The predicted molar refractivity (Wildman–Crippen MR) is 130 cm³/mol. The summed E-state index contributed by atoms with van der Waals surface area (Å²) in [6.45, 7) is 3.28. The minimum absolute atomic E-state index is 0. The monoisotopic (exact) mass is 521 g/mol. The molecule has 0 bridgehead atoms. The van der Waals surface area contributed by atoms with Gasteiger partial charge in [0.15, 0.2) is 5.96 Å². The molecule has 0 fully saturated rings. The molecule has 0 radical (unpaired) electrons. The Kier molecular flexibility index (Phi) is 9.46. The molecule has 7 nitrogen and oxygen atoms in total. The van der Waals surface area contributed by atoms with Gasteiger partial charge in [0.2, 0.25) is 0 Å². The van der Waals surface area contributed by atoms with Crippen molar-refractivity contribution >= 4 is 29.9 Å². The second kappa shape index (κ2) is 12.1. The number of aromatic nitrogens is 2. The molecule has 1 unspecified atom stereocenters. The highest BCUT2D eigenvalue weighted by Crippen LogP contribution is 2.19. The molecule has 160 valence electrons. The van der Waals surface area contributed by atoms with E-state index in [1.54, 1.807) is 20.4 Å². The number of hydrogen-bond acceptors (Lipinski definition) is 4. The van der Waals surface area contributed by atoms with Crippen LogP contribution in [-0.4, -0.2) is 42.5 Å². The summed E-state index contributed by atoms with van der Waals surface area (Å²) in [5.74, 6) is 2.27. The lowest BCUT2D eigenvalue weighted by molar-refractivity contribution is 0.223. The molecule has 1 aromatic heterocycles. The molecular formula is C22H28IN5O2. The Morgan fingerprint density at radius 1 is 1.10 bits per heavy atom. The van der Waals surface area contributed by atoms with Crippen LogP contribution in [0.3, 0.4) is 0 Å². The highest BCUT2D eigenvalue weighted by atomic mass is 127. The van der Waals surface area contributed by atoms with Crippen molar-refractivity contribution in [2.45, 2.75) is 19.6 Å². The van der Waals surface area contributed by atoms with Crippen LogP contribution in [0.15, 0.2) is 72.0 Å². The van der Waals surface area contributed by atoms with Gasteiger partial charge in [-0.25, -0.2) is 4.68 Å². The van der Waals surface area contributed by atoms with Gasteiger partial charge in [-0.05, 0) is 42.8 Å². The summed E-state index contributed by atoms with van der Waals surface area (Å²) >= 11 is 0. The van der Waals surface area contributed by atoms with Gasteiger partial charge in [0.05, 0.1) is 19.3 Å². The van der Waals surface area contributed by atoms with Crippen LogP contribution in [0.5, 0.6) is 11.5 Å². The van der Waals surface area contributed by atoms with Gasteiger partial charge >= 0.3 is 0 Å². The van der Waals surface area contributed by atoms with Crippen molar-refractivity contribution in [3.63, 3.8) is 0 Å². The smallest absolute Gasteiger partial charge is 0.191 e. The summed E-state index contributed by atoms with van der Waals surface area (Å²) in [6, 6.07) is 17.7. The van der Waals surface area contributed by atoms with Gasteiger partial charge in [-0.1, -0.05) is 18.2 Å². The van der Waals surface area contributed by atoms with Crippen molar-refractivity contribution < 1.29 is 9.47 Å². The number of nitrogens with zero attached hydrogens (tertiary/aromatic N) is 3. The lowest BCUT2D eigenvalue weighted by Gasteiger charge is -2.18. The fourth-order valence-electron chi connectivity index (χ4n) is 2.83. The minimum Gasteiger partial charge on any atom is -0.497 e.